The number of piperidine rings is 1. The summed E-state index contributed by atoms with van der Waals surface area (Å²) in [7, 11) is 0. The smallest absolute Gasteiger partial charge is 0.256 e. The number of carbonyl (C=O) groups is 1. The Hall–Kier alpha value is -3.05. The third-order valence-corrected chi connectivity index (χ3v) is 5.19. The molecular formula is C23H23N3O2. The fraction of sp³-hybridized carbons (Fsp3) is 0.261. The van der Waals surface area contributed by atoms with Crippen LogP contribution in [0.2, 0.25) is 0 Å². The van der Waals surface area contributed by atoms with Crippen molar-refractivity contribution in [1.82, 2.24) is 14.9 Å². The van der Waals surface area contributed by atoms with E-state index >= 15 is 0 Å². The second-order valence-corrected chi connectivity index (χ2v) is 7.12. The van der Waals surface area contributed by atoms with Crippen LogP contribution in [-0.2, 0) is 6.42 Å². The number of aliphatic hydroxyl groups is 1. The third-order valence-electron chi connectivity index (χ3n) is 5.19. The second-order valence-electron chi connectivity index (χ2n) is 7.12. The van der Waals surface area contributed by atoms with Crippen molar-refractivity contribution < 1.29 is 9.90 Å². The highest BCUT2D eigenvalue weighted by Gasteiger charge is 2.27. The van der Waals surface area contributed by atoms with E-state index in [1.165, 1.54) is 0 Å². The summed E-state index contributed by atoms with van der Waals surface area (Å²) in [4.78, 5) is 24.0. The number of hydrogen-bond donors (Lipinski definition) is 1. The second kappa shape index (κ2) is 8.31. The van der Waals surface area contributed by atoms with Gasteiger partial charge < -0.3 is 10.0 Å². The number of hydrogen-bond acceptors (Lipinski definition) is 4. The van der Waals surface area contributed by atoms with Crippen molar-refractivity contribution in [3.05, 3.63) is 83.8 Å². The predicted molar refractivity (Wildman–Crippen MR) is 108 cm³/mol. The lowest BCUT2D eigenvalue weighted by molar-refractivity contribution is 0.0546. The van der Waals surface area contributed by atoms with E-state index in [4.69, 9.17) is 0 Å². The topological polar surface area (TPSA) is 66.3 Å². The molecule has 3 heterocycles. The van der Waals surface area contributed by atoms with E-state index in [0.717, 1.165) is 16.7 Å². The largest absolute Gasteiger partial charge is 0.393 e. The lowest BCUT2D eigenvalue weighted by atomic mass is 9.95. The molecule has 1 aliphatic heterocycles. The number of amides is 1. The number of aromatic nitrogens is 2. The minimum atomic E-state index is -0.318. The first-order chi connectivity index (χ1) is 13.7. The number of carbonyl (C=O) groups excluding carboxylic acids is 1. The summed E-state index contributed by atoms with van der Waals surface area (Å²) in [5.74, 6) is -0.0160. The number of pyridine rings is 2. The predicted octanol–water partition coefficient (Wildman–Crippen LogP) is 3.33. The molecule has 28 heavy (non-hydrogen) atoms. The van der Waals surface area contributed by atoms with Gasteiger partial charge in [0.2, 0.25) is 0 Å². The number of rotatable bonds is 4. The van der Waals surface area contributed by atoms with Gasteiger partial charge in [0.1, 0.15) is 0 Å². The van der Waals surface area contributed by atoms with Crippen LogP contribution < -0.4 is 0 Å². The quantitative estimate of drug-likeness (QED) is 0.762. The van der Waals surface area contributed by atoms with Crippen molar-refractivity contribution in [1.29, 1.82) is 0 Å². The minimum absolute atomic E-state index is 0.0160. The van der Waals surface area contributed by atoms with Crippen LogP contribution in [0.1, 0.15) is 34.3 Å². The van der Waals surface area contributed by atoms with E-state index in [1.807, 2.05) is 41.3 Å². The Labute approximate surface area is 164 Å². The van der Waals surface area contributed by atoms with Crippen LogP contribution in [-0.4, -0.2) is 45.1 Å². The lowest BCUT2D eigenvalue weighted by Gasteiger charge is -2.30. The Kier molecular flexibility index (Phi) is 5.44. The molecule has 0 bridgehead atoms. The maximum Gasteiger partial charge on any atom is 0.256 e. The molecule has 1 N–H and O–H groups in total. The van der Waals surface area contributed by atoms with Gasteiger partial charge in [0.05, 0.1) is 17.4 Å². The van der Waals surface area contributed by atoms with Crippen LogP contribution in [0.25, 0.3) is 11.3 Å². The van der Waals surface area contributed by atoms with Crippen molar-refractivity contribution in [2.75, 3.05) is 13.1 Å². The molecular weight excluding hydrogens is 350 g/mol. The highest BCUT2D eigenvalue weighted by atomic mass is 16.3. The Balaban J connectivity index is 1.77. The molecule has 1 amide bonds. The van der Waals surface area contributed by atoms with Gasteiger partial charge in [-0.15, -0.1) is 0 Å². The van der Waals surface area contributed by atoms with Gasteiger partial charge in [-0.2, -0.15) is 0 Å². The highest BCUT2D eigenvalue weighted by Crippen LogP contribution is 2.28. The molecule has 1 aromatic carbocycles. The van der Waals surface area contributed by atoms with Crippen molar-refractivity contribution in [2.45, 2.75) is 25.4 Å². The summed E-state index contributed by atoms with van der Waals surface area (Å²) < 4.78 is 0. The van der Waals surface area contributed by atoms with Gasteiger partial charge in [-0.25, -0.2) is 0 Å². The Morgan fingerprint density at radius 2 is 1.71 bits per heavy atom. The highest BCUT2D eigenvalue weighted by molar-refractivity contribution is 6.01. The number of benzene rings is 1. The summed E-state index contributed by atoms with van der Waals surface area (Å²) in [5, 5.41) is 9.80. The number of nitrogens with zero attached hydrogens (tertiary/aromatic N) is 3. The molecule has 0 spiro atoms. The van der Waals surface area contributed by atoms with Gasteiger partial charge in [0.25, 0.3) is 5.91 Å². The summed E-state index contributed by atoms with van der Waals surface area (Å²) in [6.45, 7) is 1.13. The molecule has 1 aliphatic rings. The van der Waals surface area contributed by atoms with E-state index in [1.54, 1.807) is 18.6 Å². The zero-order valence-electron chi connectivity index (χ0n) is 15.7. The zero-order valence-corrected chi connectivity index (χ0v) is 15.7. The standard InChI is InChI=1S/C23H23N3O2/c27-20-9-14-26(15-10-20)23(28)21-19(16-17-4-2-1-3-5-17)8-13-25-22(21)18-6-11-24-12-7-18/h1-8,11-13,20,27H,9-10,14-16H2. The van der Waals surface area contributed by atoms with Crippen LogP contribution in [0, 0.1) is 0 Å². The van der Waals surface area contributed by atoms with E-state index < -0.39 is 0 Å². The molecule has 5 heteroatoms. The van der Waals surface area contributed by atoms with Gasteiger partial charge in [-0.3, -0.25) is 14.8 Å². The maximum atomic E-state index is 13.5. The Morgan fingerprint density at radius 3 is 2.43 bits per heavy atom. The van der Waals surface area contributed by atoms with Crippen molar-refractivity contribution in [3.63, 3.8) is 0 Å². The Bertz CT molecular complexity index is 937. The fourth-order valence-electron chi connectivity index (χ4n) is 3.66. The molecule has 0 radical (unpaired) electrons. The average Bonchev–Trinajstić information content (AvgIpc) is 2.75. The summed E-state index contributed by atoms with van der Waals surface area (Å²) in [6.07, 6.45) is 6.78. The van der Waals surface area contributed by atoms with E-state index in [9.17, 15) is 9.90 Å². The van der Waals surface area contributed by atoms with Crippen molar-refractivity contribution in [2.24, 2.45) is 0 Å². The Morgan fingerprint density at radius 1 is 1.00 bits per heavy atom. The van der Waals surface area contributed by atoms with E-state index in [0.29, 0.717) is 43.6 Å². The van der Waals surface area contributed by atoms with Crippen LogP contribution in [0.4, 0.5) is 0 Å². The van der Waals surface area contributed by atoms with Crippen LogP contribution in [0.5, 0.6) is 0 Å². The summed E-state index contributed by atoms with van der Waals surface area (Å²) >= 11 is 0. The molecule has 4 rings (SSSR count). The monoisotopic (exact) mass is 373 g/mol. The molecule has 5 nitrogen and oxygen atoms in total. The molecule has 0 atom stereocenters. The maximum absolute atomic E-state index is 13.5. The third kappa shape index (κ3) is 3.94. The first-order valence-corrected chi connectivity index (χ1v) is 9.62. The van der Waals surface area contributed by atoms with E-state index in [-0.39, 0.29) is 12.0 Å². The number of likely N-dealkylation sites (tertiary alicyclic amines) is 1. The number of aliphatic hydroxyl groups excluding tert-OH is 1. The normalized spacial score (nSPS) is 14.8. The van der Waals surface area contributed by atoms with Crippen molar-refractivity contribution in [3.8, 4) is 11.3 Å². The average molecular weight is 373 g/mol. The van der Waals surface area contributed by atoms with Gasteiger partial charge in [0, 0.05) is 37.2 Å². The fourth-order valence-corrected chi connectivity index (χ4v) is 3.66. The summed E-state index contributed by atoms with van der Waals surface area (Å²) in [5.41, 5.74) is 4.33. The molecule has 2 aromatic heterocycles. The SMILES string of the molecule is O=C(c1c(Cc2ccccc2)ccnc1-c1ccncc1)N1CCC(O)CC1. The molecule has 1 saturated heterocycles. The molecule has 1 fully saturated rings. The van der Waals surface area contributed by atoms with Crippen LogP contribution >= 0.6 is 0 Å². The van der Waals surface area contributed by atoms with Crippen molar-refractivity contribution >= 4 is 5.91 Å². The zero-order chi connectivity index (χ0) is 19.3. The minimum Gasteiger partial charge on any atom is -0.393 e. The van der Waals surface area contributed by atoms with Crippen LogP contribution in [0.3, 0.4) is 0 Å². The first kappa shape index (κ1) is 18.3. The molecule has 3 aromatic rings. The molecule has 0 saturated carbocycles. The van der Waals surface area contributed by atoms with Gasteiger partial charge in [0.15, 0.2) is 0 Å². The van der Waals surface area contributed by atoms with Gasteiger partial charge in [-0.05, 0) is 48.6 Å². The van der Waals surface area contributed by atoms with Gasteiger partial charge in [-0.1, -0.05) is 30.3 Å². The molecule has 142 valence electrons. The first-order valence-electron chi connectivity index (χ1n) is 9.62. The molecule has 0 unspecified atom stereocenters. The van der Waals surface area contributed by atoms with Crippen LogP contribution in [0.15, 0.2) is 67.1 Å². The van der Waals surface area contributed by atoms with E-state index in [2.05, 4.69) is 22.1 Å². The van der Waals surface area contributed by atoms with Gasteiger partial charge >= 0.3 is 0 Å². The summed E-state index contributed by atoms with van der Waals surface area (Å²) in [6, 6.07) is 15.8. The molecule has 0 aliphatic carbocycles. The lowest BCUT2D eigenvalue weighted by Crippen LogP contribution is -2.40.